The van der Waals surface area contributed by atoms with E-state index in [1.165, 1.54) is 11.1 Å². The molecule has 2 aliphatic rings. The van der Waals surface area contributed by atoms with Crippen molar-refractivity contribution in [2.45, 2.75) is 38.5 Å². The lowest BCUT2D eigenvalue weighted by molar-refractivity contribution is -0.130. The molecule has 1 unspecified atom stereocenters. The summed E-state index contributed by atoms with van der Waals surface area (Å²) >= 11 is 0. The van der Waals surface area contributed by atoms with E-state index < -0.39 is 0 Å². The fourth-order valence-corrected chi connectivity index (χ4v) is 4.30. The Morgan fingerprint density at radius 3 is 2.89 bits per heavy atom. The maximum Gasteiger partial charge on any atom is 0.231 e. The maximum absolute atomic E-state index is 13.0. The molecule has 1 heterocycles. The highest BCUT2D eigenvalue weighted by Gasteiger charge is 2.26. The summed E-state index contributed by atoms with van der Waals surface area (Å²) < 4.78 is 16.3. The molecule has 4 rings (SSSR count). The molecule has 0 aromatic heterocycles. The van der Waals surface area contributed by atoms with Crippen LogP contribution in [0.4, 0.5) is 0 Å². The molecule has 0 saturated carbocycles. The second kappa shape index (κ2) is 8.13. The molecule has 5 nitrogen and oxygen atoms in total. The van der Waals surface area contributed by atoms with Gasteiger partial charge < -0.3 is 19.1 Å². The molecule has 0 fully saturated rings. The third-order valence-corrected chi connectivity index (χ3v) is 5.78. The summed E-state index contributed by atoms with van der Waals surface area (Å²) in [5.74, 6) is 2.95. The Morgan fingerprint density at radius 1 is 1.21 bits per heavy atom. The molecule has 1 atom stereocenters. The van der Waals surface area contributed by atoms with Crippen LogP contribution in [0.3, 0.4) is 0 Å². The van der Waals surface area contributed by atoms with Crippen LogP contribution in [-0.2, 0) is 17.6 Å². The minimum absolute atomic E-state index is 0.149. The van der Waals surface area contributed by atoms with Gasteiger partial charge >= 0.3 is 0 Å². The van der Waals surface area contributed by atoms with Crippen LogP contribution in [0.2, 0.25) is 0 Å². The van der Waals surface area contributed by atoms with Crippen LogP contribution in [0, 0.1) is 0 Å². The standard InChI is InChI=1S/C23H27NO4/c1-3-24(23(25)13-16-10-11-21-22(12-16)28-15-27-21)14-17-6-4-8-19-18(17)7-5-9-20(19)26-2/h5,7,9-12,17H,3-4,6,8,13-15H2,1-2H3. The SMILES string of the molecule is CCN(CC1CCCc2c(OC)cccc21)C(=O)Cc1ccc2c(c1)OCO2. The summed E-state index contributed by atoms with van der Waals surface area (Å²) in [6.45, 7) is 3.75. The predicted molar refractivity (Wildman–Crippen MR) is 107 cm³/mol. The Kier molecular flexibility index (Phi) is 5.42. The van der Waals surface area contributed by atoms with E-state index in [0.29, 0.717) is 18.9 Å². The number of carbonyl (C=O) groups excluding carboxylic acids is 1. The fourth-order valence-electron chi connectivity index (χ4n) is 4.30. The zero-order valence-corrected chi connectivity index (χ0v) is 16.6. The molecular weight excluding hydrogens is 354 g/mol. The van der Waals surface area contributed by atoms with Gasteiger partial charge in [-0.05, 0) is 61.1 Å². The third-order valence-electron chi connectivity index (χ3n) is 5.78. The smallest absolute Gasteiger partial charge is 0.231 e. The molecule has 0 bridgehead atoms. The first-order valence-corrected chi connectivity index (χ1v) is 10.0. The summed E-state index contributed by atoms with van der Waals surface area (Å²) in [5.41, 5.74) is 3.60. The van der Waals surface area contributed by atoms with Gasteiger partial charge in [-0.15, -0.1) is 0 Å². The van der Waals surface area contributed by atoms with Crippen LogP contribution in [0.1, 0.15) is 42.4 Å². The minimum Gasteiger partial charge on any atom is -0.496 e. The van der Waals surface area contributed by atoms with Crippen molar-refractivity contribution in [3.63, 3.8) is 0 Å². The van der Waals surface area contributed by atoms with Crippen molar-refractivity contribution in [2.24, 2.45) is 0 Å². The fraction of sp³-hybridized carbons (Fsp3) is 0.435. The van der Waals surface area contributed by atoms with Gasteiger partial charge in [0.2, 0.25) is 12.7 Å². The van der Waals surface area contributed by atoms with Gasteiger partial charge in [-0.1, -0.05) is 18.2 Å². The lowest BCUT2D eigenvalue weighted by Crippen LogP contribution is -2.36. The van der Waals surface area contributed by atoms with E-state index in [-0.39, 0.29) is 12.7 Å². The average Bonchev–Trinajstić information content (AvgIpc) is 3.19. The molecule has 0 radical (unpaired) electrons. The Balaban J connectivity index is 1.47. The van der Waals surface area contributed by atoms with Crippen LogP contribution in [0.25, 0.3) is 0 Å². The molecule has 2 aromatic carbocycles. The van der Waals surface area contributed by atoms with E-state index in [0.717, 1.165) is 48.6 Å². The molecule has 28 heavy (non-hydrogen) atoms. The summed E-state index contributed by atoms with van der Waals surface area (Å²) in [5, 5.41) is 0. The largest absolute Gasteiger partial charge is 0.496 e. The van der Waals surface area contributed by atoms with Crippen molar-refractivity contribution < 1.29 is 19.0 Å². The molecule has 1 aliphatic carbocycles. The first-order valence-electron chi connectivity index (χ1n) is 10.0. The van der Waals surface area contributed by atoms with Gasteiger partial charge in [0.25, 0.3) is 0 Å². The van der Waals surface area contributed by atoms with E-state index in [2.05, 4.69) is 12.1 Å². The topological polar surface area (TPSA) is 48.0 Å². The van der Waals surface area contributed by atoms with Gasteiger partial charge in [0.15, 0.2) is 11.5 Å². The Hall–Kier alpha value is -2.69. The molecule has 0 N–H and O–H groups in total. The van der Waals surface area contributed by atoms with Crippen molar-refractivity contribution in [1.29, 1.82) is 0 Å². The highest BCUT2D eigenvalue weighted by molar-refractivity contribution is 5.79. The highest BCUT2D eigenvalue weighted by Crippen LogP contribution is 2.37. The number of rotatable bonds is 6. The number of fused-ring (bicyclic) bond motifs is 2. The molecule has 1 aliphatic heterocycles. The number of ether oxygens (including phenoxy) is 3. The van der Waals surface area contributed by atoms with Gasteiger partial charge in [-0.3, -0.25) is 4.79 Å². The zero-order chi connectivity index (χ0) is 19.5. The molecule has 0 saturated heterocycles. The maximum atomic E-state index is 13.0. The van der Waals surface area contributed by atoms with Gasteiger partial charge in [0, 0.05) is 19.0 Å². The van der Waals surface area contributed by atoms with Gasteiger partial charge in [-0.25, -0.2) is 0 Å². The van der Waals surface area contributed by atoms with Crippen molar-refractivity contribution in [3.05, 3.63) is 53.1 Å². The number of carbonyl (C=O) groups is 1. The number of nitrogens with zero attached hydrogens (tertiary/aromatic N) is 1. The lowest BCUT2D eigenvalue weighted by atomic mass is 9.82. The summed E-state index contributed by atoms with van der Waals surface area (Å²) in [6, 6.07) is 12.0. The van der Waals surface area contributed by atoms with Crippen molar-refractivity contribution in [2.75, 3.05) is 27.0 Å². The predicted octanol–water partition coefficient (Wildman–Crippen LogP) is 3.94. The van der Waals surface area contributed by atoms with Crippen LogP contribution in [0.5, 0.6) is 17.2 Å². The number of amides is 1. The number of hydrogen-bond acceptors (Lipinski definition) is 4. The summed E-state index contributed by atoms with van der Waals surface area (Å²) in [6.07, 6.45) is 3.66. The van der Waals surface area contributed by atoms with Crippen molar-refractivity contribution in [1.82, 2.24) is 4.90 Å². The second-order valence-electron chi connectivity index (χ2n) is 7.41. The third kappa shape index (κ3) is 3.66. The van der Waals surface area contributed by atoms with Crippen molar-refractivity contribution in [3.8, 4) is 17.2 Å². The zero-order valence-electron chi connectivity index (χ0n) is 16.6. The Morgan fingerprint density at radius 2 is 2.07 bits per heavy atom. The summed E-state index contributed by atoms with van der Waals surface area (Å²) in [4.78, 5) is 15.0. The number of likely N-dealkylation sites (N-methyl/N-ethyl adjacent to an activating group) is 1. The summed E-state index contributed by atoms with van der Waals surface area (Å²) in [7, 11) is 1.73. The van der Waals surface area contributed by atoms with E-state index in [4.69, 9.17) is 14.2 Å². The Bertz CT molecular complexity index is 864. The second-order valence-corrected chi connectivity index (χ2v) is 7.41. The number of hydrogen-bond donors (Lipinski definition) is 0. The molecule has 0 spiro atoms. The molecule has 148 valence electrons. The van der Waals surface area contributed by atoms with Crippen LogP contribution in [0.15, 0.2) is 36.4 Å². The lowest BCUT2D eigenvalue weighted by Gasteiger charge is -2.31. The normalized spacial score (nSPS) is 17.1. The van der Waals surface area contributed by atoms with Crippen LogP contribution < -0.4 is 14.2 Å². The Labute approximate surface area is 166 Å². The van der Waals surface area contributed by atoms with E-state index in [1.807, 2.05) is 36.1 Å². The minimum atomic E-state index is 0.149. The monoisotopic (exact) mass is 381 g/mol. The quantitative estimate of drug-likeness (QED) is 0.761. The number of methoxy groups -OCH3 is 1. The molecule has 1 amide bonds. The van der Waals surface area contributed by atoms with Gasteiger partial charge in [0.1, 0.15) is 5.75 Å². The van der Waals surface area contributed by atoms with Crippen LogP contribution >= 0.6 is 0 Å². The van der Waals surface area contributed by atoms with E-state index >= 15 is 0 Å². The van der Waals surface area contributed by atoms with E-state index in [9.17, 15) is 4.79 Å². The highest BCUT2D eigenvalue weighted by atomic mass is 16.7. The average molecular weight is 381 g/mol. The molecular formula is C23H27NO4. The van der Waals surface area contributed by atoms with E-state index in [1.54, 1.807) is 7.11 Å². The first-order chi connectivity index (χ1) is 13.7. The van der Waals surface area contributed by atoms with Gasteiger partial charge in [0.05, 0.1) is 13.5 Å². The molecule has 2 aromatic rings. The number of benzene rings is 2. The first kappa shape index (κ1) is 18.7. The van der Waals surface area contributed by atoms with Crippen molar-refractivity contribution >= 4 is 5.91 Å². The van der Waals surface area contributed by atoms with Gasteiger partial charge in [-0.2, -0.15) is 0 Å². The van der Waals surface area contributed by atoms with Crippen LogP contribution in [-0.4, -0.2) is 37.8 Å². The molecule has 5 heteroatoms.